The number of rotatable bonds is 7. The number of ether oxygens (including phenoxy) is 1. The van der Waals surface area contributed by atoms with Gasteiger partial charge in [0, 0.05) is 25.0 Å². The predicted octanol–water partition coefficient (Wildman–Crippen LogP) is 3.63. The van der Waals surface area contributed by atoms with Gasteiger partial charge in [0.15, 0.2) is 0 Å². The summed E-state index contributed by atoms with van der Waals surface area (Å²) in [5.74, 6) is 0.695. The second-order valence-corrected chi connectivity index (χ2v) is 5.66. The Balaban J connectivity index is 1.87. The molecule has 0 bridgehead atoms. The van der Waals surface area contributed by atoms with Crippen LogP contribution in [0.1, 0.15) is 24.1 Å². The fourth-order valence-corrected chi connectivity index (χ4v) is 2.17. The monoisotopic (exact) mass is 349 g/mol. The van der Waals surface area contributed by atoms with Crippen LogP contribution in [0.4, 0.5) is 13.6 Å². The van der Waals surface area contributed by atoms with E-state index in [-0.39, 0.29) is 6.04 Å². The first-order valence-corrected chi connectivity index (χ1v) is 7.87. The zero-order valence-corrected chi connectivity index (χ0v) is 14.2. The van der Waals surface area contributed by atoms with E-state index in [1.54, 1.807) is 31.5 Å². The van der Waals surface area contributed by atoms with Crippen LogP contribution in [0.15, 0.2) is 48.8 Å². The number of alkyl halides is 2. The van der Waals surface area contributed by atoms with E-state index in [0.29, 0.717) is 12.4 Å². The predicted molar refractivity (Wildman–Crippen MR) is 90.6 cm³/mol. The number of amides is 2. The van der Waals surface area contributed by atoms with Gasteiger partial charge < -0.3 is 15.0 Å². The number of hydrogen-bond acceptors (Lipinski definition) is 3. The zero-order valence-electron chi connectivity index (χ0n) is 14.2. The van der Waals surface area contributed by atoms with Crippen LogP contribution in [0.25, 0.3) is 0 Å². The van der Waals surface area contributed by atoms with Gasteiger partial charge in [0.1, 0.15) is 12.4 Å². The SMILES string of the molecule is CC(NC(=O)N(C)CC(F)F)c1ccc(OCc2cccnc2)cc1. The molecule has 2 rings (SSSR count). The number of pyridine rings is 1. The molecule has 2 amide bonds. The highest BCUT2D eigenvalue weighted by Gasteiger charge is 2.16. The largest absolute Gasteiger partial charge is 0.489 e. The maximum Gasteiger partial charge on any atom is 0.317 e. The molecule has 0 saturated carbocycles. The lowest BCUT2D eigenvalue weighted by molar-refractivity contribution is 0.107. The average molecular weight is 349 g/mol. The maximum atomic E-state index is 12.3. The van der Waals surface area contributed by atoms with Crippen molar-refractivity contribution in [2.45, 2.75) is 26.0 Å². The minimum Gasteiger partial charge on any atom is -0.489 e. The number of nitrogens with one attached hydrogen (secondary N) is 1. The molecule has 0 aliphatic carbocycles. The van der Waals surface area contributed by atoms with E-state index in [0.717, 1.165) is 16.0 Å². The molecule has 0 saturated heterocycles. The average Bonchev–Trinajstić information content (AvgIpc) is 2.60. The summed E-state index contributed by atoms with van der Waals surface area (Å²) < 4.78 is 30.3. The molecule has 1 heterocycles. The molecule has 0 aliphatic rings. The Morgan fingerprint density at radius 1 is 1.28 bits per heavy atom. The topological polar surface area (TPSA) is 54.5 Å². The Labute approximate surface area is 145 Å². The molecule has 0 spiro atoms. The number of carbonyl (C=O) groups excluding carboxylic acids is 1. The molecule has 1 aromatic carbocycles. The summed E-state index contributed by atoms with van der Waals surface area (Å²) in [6.45, 7) is 1.61. The van der Waals surface area contributed by atoms with Crippen molar-refractivity contribution in [3.63, 3.8) is 0 Å². The number of urea groups is 1. The second kappa shape index (κ2) is 8.96. The molecule has 1 atom stereocenters. The number of aromatic nitrogens is 1. The van der Waals surface area contributed by atoms with E-state index in [1.807, 2.05) is 24.3 Å². The van der Waals surface area contributed by atoms with Gasteiger partial charge in [-0.15, -0.1) is 0 Å². The number of benzene rings is 1. The van der Waals surface area contributed by atoms with E-state index >= 15 is 0 Å². The minimum absolute atomic E-state index is 0.306. The number of hydrogen-bond donors (Lipinski definition) is 1. The Morgan fingerprint density at radius 3 is 2.60 bits per heavy atom. The summed E-state index contributed by atoms with van der Waals surface area (Å²) in [7, 11) is 1.34. The highest BCUT2D eigenvalue weighted by atomic mass is 19.3. The Bertz CT molecular complexity index is 666. The Kier molecular flexibility index (Phi) is 6.68. The van der Waals surface area contributed by atoms with Gasteiger partial charge in [0.05, 0.1) is 12.6 Å². The highest BCUT2D eigenvalue weighted by molar-refractivity contribution is 5.74. The molecule has 2 aromatic rings. The number of halogens is 2. The van der Waals surface area contributed by atoms with Gasteiger partial charge in [-0.05, 0) is 30.7 Å². The lowest BCUT2D eigenvalue weighted by Crippen LogP contribution is -2.40. The van der Waals surface area contributed by atoms with Crippen LogP contribution in [0.3, 0.4) is 0 Å². The van der Waals surface area contributed by atoms with Crippen LogP contribution in [-0.4, -0.2) is 35.9 Å². The number of nitrogens with zero attached hydrogens (tertiary/aromatic N) is 2. The lowest BCUT2D eigenvalue weighted by atomic mass is 10.1. The third kappa shape index (κ3) is 6.02. The molecule has 1 N–H and O–H groups in total. The van der Waals surface area contributed by atoms with E-state index < -0.39 is 19.0 Å². The van der Waals surface area contributed by atoms with Crippen molar-refractivity contribution in [3.8, 4) is 5.75 Å². The van der Waals surface area contributed by atoms with Gasteiger partial charge in [0.25, 0.3) is 6.43 Å². The van der Waals surface area contributed by atoms with Crippen molar-refractivity contribution in [2.75, 3.05) is 13.6 Å². The normalized spacial score (nSPS) is 11.9. The van der Waals surface area contributed by atoms with Gasteiger partial charge >= 0.3 is 6.03 Å². The van der Waals surface area contributed by atoms with Crippen LogP contribution in [-0.2, 0) is 6.61 Å². The van der Waals surface area contributed by atoms with Crippen molar-refractivity contribution in [1.29, 1.82) is 0 Å². The van der Waals surface area contributed by atoms with Gasteiger partial charge in [-0.2, -0.15) is 0 Å². The third-order valence-corrected chi connectivity index (χ3v) is 3.61. The maximum absolute atomic E-state index is 12.3. The van der Waals surface area contributed by atoms with Crippen LogP contribution >= 0.6 is 0 Å². The molecule has 5 nitrogen and oxygen atoms in total. The molecule has 134 valence electrons. The molecular weight excluding hydrogens is 328 g/mol. The fourth-order valence-electron chi connectivity index (χ4n) is 2.17. The van der Waals surface area contributed by atoms with Crippen molar-refractivity contribution in [1.82, 2.24) is 15.2 Å². The standard InChI is InChI=1S/C18H21F2N3O2/c1-13(22-18(24)23(2)11-17(19)20)15-5-7-16(8-6-15)25-12-14-4-3-9-21-10-14/h3-10,13,17H,11-12H2,1-2H3,(H,22,24). The van der Waals surface area contributed by atoms with Gasteiger partial charge in [-0.25, -0.2) is 13.6 Å². The first-order valence-electron chi connectivity index (χ1n) is 7.87. The van der Waals surface area contributed by atoms with E-state index in [1.165, 1.54) is 7.05 Å². The summed E-state index contributed by atoms with van der Waals surface area (Å²) in [5.41, 5.74) is 1.82. The fraction of sp³-hybridized carbons (Fsp3) is 0.333. The molecule has 25 heavy (non-hydrogen) atoms. The van der Waals surface area contributed by atoms with Crippen molar-refractivity contribution in [2.24, 2.45) is 0 Å². The van der Waals surface area contributed by atoms with Crippen molar-refractivity contribution < 1.29 is 18.3 Å². The summed E-state index contributed by atoms with van der Waals surface area (Å²) in [6.07, 6.45) is 0.886. The van der Waals surface area contributed by atoms with E-state index in [9.17, 15) is 13.6 Å². The summed E-state index contributed by atoms with van der Waals surface area (Å²) in [4.78, 5) is 16.8. The highest BCUT2D eigenvalue weighted by Crippen LogP contribution is 2.18. The molecule has 1 aromatic heterocycles. The van der Waals surface area contributed by atoms with Crippen molar-refractivity contribution >= 4 is 6.03 Å². The van der Waals surface area contributed by atoms with Gasteiger partial charge in [0.2, 0.25) is 0 Å². The Morgan fingerprint density at radius 2 is 2.00 bits per heavy atom. The molecule has 0 fully saturated rings. The van der Waals surface area contributed by atoms with E-state index in [2.05, 4.69) is 10.3 Å². The molecule has 0 aliphatic heterocycles. The van der Waals surface area contributed by atoms with Crippen LogP contribution in [0, 0.1) is 0 Å². The van der Waals surface area contributed by atoms with E-state index in [4.69, 9.17) is 4.74 Å². The molecule has 7 heteroatoms. The zero-order chi connectivity index (χ0) is 18.2. The number of carbonyl (C=O) groups is 1. The molecule has 0 radical (unpaired) electrons. The first kappa shape index (κ1) is 18.6. The first-order chi connectivity index (χ1) is 12.0. The quantitative estimate of drug-likeness (QED) is 0.830. The molecular formula is C18H21F2N3O2. The van der Waals surface area contributed by atoms with Crippen LogP contribution in [0.5, 0.6) is 5.75 Å². The van der Waals surface area contributed by atoms with Crippen LogP contribution in [0.2, 0.25) is 0 Å². The smallest absolute Gasteiger partial charge is 0.317 e. The van der Waals surface area contributed by atoms with Crippen LogP contribution < -0.4 is 10.1 Å². The minimum atomic E-state index is -2.55. The Hall–Kier alpha value is -2.70. The summed E-state index contributed by atoms with van der Waals surface area (Å²) in [6, 6.07) is 10.2. The summed E-state index contributed by atoms with van der Waals surface area (Å²) in [5, 5.41) is 2.68. The third-order valence-electron chi connectivity index (χ3n) is 3.61. The molecule has 1 unspecified atom stereocenters. The van der Waals surface area contributed by atoms with Gasteiger partial charge in [-0.3, -0.25) is 4.98 Å². The second-order valence-electron chi connectivity index (χ2n) is 5.66. The van der Waals surface area contributed by atoms with Crippen molar-refractivity contribution in [3.05, 3.63) is 59.9 Å². The lowest BCUT2D eigenvalue weighted by Gasteiger charge is -2.21. The van der Waals surface area contributed by atoms with Gasteiger partial charge in [-0.1, -0.05) is 18.2 Å². The summed E-state index contributed by atoms with van der Waals surface area (Å²) >= 11 is 0.